The zero-order chi connectivity index (χ0) is 19.6. The smallest absolute Gasteiger partial charge is 0.289 e. The van der Waals surface area contributed by atoms with E-state index in [1.54, 1.807) is 12.3 Å². The Hall–Kier alpha value is -2.86. The third-order valence-corrected chi connectivity index (χ3v) is 4.33. The lowest BCUT2D eigenvalue weighted by Gasteiger charge is -2.21. The van der Waals surface area contributed by atoms with Gasteiger partial charge in [-0.1, -0.05) is 35.9 Å². The standard InChI is InChI=1S/C20H21ClN4O2/c1-20(2,3)25-19(26)17(21)16(11-24-25)27-12-13-6-8-14(9-7-13)18-15(22)5-4-10-23-18/h4-11H,12,22H2,1-3H3. The number of aromatic nitrogens is 3. The van der Waals surface area contributed by atoms with E-state index in [1.165, 1.54) is 10.9 Å². The van der Waals surface area contributed by atoms with Crippen LogP contribution in [0.1, 0.15) is 26.3 Å². The normalized spacial score (nSPS) is 11.4. The van der Waals surface area contributed by atoms with Crippen LogP contribution in [0, 0.1) is 0 Å². The van der Waals surface area contributed by atoms with Gasteiger partial charge in [0.1, 0.15) is 6.61 Å². The minimum Gasteiger partial charge on any atom is -0.485 e. The number of nitrogen functional groups attached to an aromatic ring is 1. The predicted octanol–water partition coefficient (Wildman–Crippen LogP) is 3.87. The number of hydrogen-bond donors (Lipinski definition) is 1. The lowest BCUT2D eigenvalue weighted by atomic mass is 10.1. The van der Waals surface area contributed by atoms with Crippen molar-refractivity contribution >= 4 is 17.3 Å². The number of rotatable bonds is 4. The Balaban J connectivity index is 1.75. The Morgan fingerprint density at radius 2 is 1.89 bits per heavy atom. The molecule has 3 aromatic rings. The highest BCUT2D eigenvalue weighted by molar-refractivity contribution is 6.31. The summed E-state index contributed by atoms with van der Waals surface area (Å²) in [5.74, 6) is 0.264. The SMILES string of the molecule is CC(C)(C)n1ncc(OCc2ccc(-c3ncccc3N)cc2)c(Cl)c1=O. The van der Waals surface area contributed by atoms with Crippen LogP contribution in [0.2, 0.25) is 5.02 Å². The van der Waals surface area contributed by atoms with Gasteiger partial charge in [0.2, 0.25) is 0 Å². The molecule has 0 saturated carbocycles. The molecular formula is C20H21ClN4O2. The van der Waals surface area contributed by atoms with Crippen molar-refractivity contribution in [2.75, 3.05) is 5.73 Å². The van der Waals surface area contributed by atoms with Crippen molar-refractivity contribution in [1.29, 1.82) is 0 Å². The van der Waals surface area contributed by atoms with Crippen LogP contribution < -0.4 is 16.0 Å². The van der Waals surface area contributed by atoms with E-state index in [2.05, 4.69) is 10.1 Å². The van der Waals surface area contributed by atoms with Gasteiger partial charge in [-0.3, -0.25) is 9.78 Å². The molecule has 2 N–H and O–H groups in total. The van der Waals surface area contributed by atoms with E-state index in [9.17, 15) is 4.79 Å². The van der Waals surface area contributed by atoms with Crippen LogP contribution in [0.15, 0.2) is 53.6 Å². The lowest BCUT2D eigenvalue weighted by Crippen LogP contribution is -2.36. The van der Waals surface area contributed by atoms with Crippen molar-refractivity contribution in [3.63, 3.8) is 0 Å². The van der Waals surface area contributed by atoms with Crippen LogP contribution in [-0.2, 0) is 12.1 Å². The maximum atomic E-state index is 12.4. The number of anilines is 1. The van der Waals surface area contributed by atoms with Crippen molar-refractivity contribution in [2.24, 2.45) is 0 Å². The van der Waals surface area contributed by atoms with Gasteiger partial charge < -0.3 is 10.5 Å². The van der Waals surface area contributed by atoms with Crippen LogP contribution in [0.5, 0.6) is 5.75 Å². The van der Waals surface area contributed by atoms with Crippen molar-refractivity contribution < 1.29 is 4.74 Å². The molecule has 1 aromatic carbocycles. The molecular weight excluding hydrogens is 364 g/mol. The van der Waals surface area contributed by atoms with E-state index in [4.69, 9.17) is 22.1 Å². The first-order valence-electron chi connectivity index (χ1n) is 8.48. The molecule has 2 aromatic heterocycles. The zero-order valence-electron chi connectivity index (χ0n) is 15.4. The van der Waals surface area contributed by atoms with Crippen LogP contribution in [0.25, 0.3) is 11.3 Å². The highest BCUT2D eigenvalue weighted by Gasteiger charge is 2.20. The fraction of sp³-hybridized carbons (Fsp3) is 0.250. The molecule has 0 atom stereocenters. The monoisotopic (exact) mass is 384 g/mol. The molecule has 27 heavy (non-hydrogen) atoms. The molecule has 2 heterocycles. The van der Waals surface area contributed by atoms with Crippen LogP contribution in [0.3, 0.4) is 0 Å². The van der Waals surface area contributed by atoms with Crippen LogP contribution in [-0.4, -0.2) is 14.8 Å². The van der Waals surface area contributed by atoms with E-state index in [0.717, 1.165) is 16.8 Å². The Morgan fingerprint density at radius 3 is 2.52 bits per heavy atom. The summed E-state index contributed by atoms with van der Waals surface area (Å²) in [5, 5.41) is 4.18. The van der Waals surface area contributed by atoms with Gasteiger partial charge in [-0.05, 0) is 38.5 Å². The number of pyridine rings is 1. The van der Waals surface area contributed by atoms with E-state index in [-0.39, 0.29) is 22.9 Å². The van der Waals surface area contributed by atoms with Crippen LogP contribution in [0.4, 0.5) is 5.69 Å². The second-order valence-corrected chi connectivity index (χ2v) is 7.52. The minimum atomic E-state index is -0.456. The molecule has 0 aliphatic carbocycles. The van der Waals surface area contributed by atoms with Crippen LogP contribution >= 0.6 is 11.6 Å². The molecule has 0 saturated heterocycles. The van der Waals surface area contributed by atoms with E-state index in [1.807, 2.05) is 51.1 Å². The molecule has 140 valence electrons. The summed E-state index contributed by atoms with van der Waals surface area (Å²) in [4.78, 5) is 16.7. The summed E-state index contributed by atoms with van der Waals surface area (Å²) in [5.41, 5.74) is 8.33. The third kappa shape index (κ3) is 4.11. The second kappa shape index (κ2) is 7.40. The first-order valence-corrected chi connectivity index (χ1v) is 8.86. The summed E-state index contributed by atoms with van der Waals surface area (Å²) in [6.07, 6.45) is 3.18. The lowest BCUT2D eigenvalue weighted by molar-refractivity contribution is 0.292. The van der Waals surface area contributed by atoms with Crippen molar-refractivity contribution in [3.05, 3.63) is 69.7 Å². The molecule has 3 rings (SSSR count). The molecule has 7 heteroatoms. The molecule has 0 unspecified atom stereocenters. The first-order chi connectivity index (χ1) is 12.8. The first kappa shape index (κ1) is 18.9. The summed E-state index contributed by atoms with van der Waals surface area (Å²) in [6.45, 7) is 5.91. The summed E-state index contributed by atoms with van der Waals surface area (Å²) in [6, 6.07) is 11.3. The maximum absolute atomic E-state index is 12.4. The molecule has 0 amide bonds. The molecule has 0 fully saturated rings. The fourth-order valence-corrected chi connectivity index (χ4v) is 2.76. The van der Waals surface area contributed by atoms with Gasteiger partial charge in [-0.15, -0.1) is 0 Å². The van der Waals surface area contributed by atoms with Crippen molar-refractivity contribution in [1.82, 2.24) is 14.8 Å². The molecule has 0 radical (unpaired) electrons. The molecule has 0 spiro atoms. The number of hydrogen-bond acceptors (Lipinski definition) is 5. The predicted molar refractivity (Wildman–Crippen MR) is 107 cm³/mol. The number of nitrogens with two attached hydrogens (primary N) is 1. The number of halogens is 1. The summed E-state index contributed by atoms with van der Waals surface area (Å²) in [7, 11) is 0. The topological polar surface area (TPSA) is 83.0 Å². The largest absolute Gasteiger partial charge is 0.485 e. The van der Waals surface area contributed by atoms with E-state index in [0.29, 0.717) is 5.69 Å². The zero-order valence-corrected chi connectivity index (χ0v) is 16.2. The van der Waals surface area contributed by atoms with Gasteiger partial charge in [-0.25, -0.2) is 4.68 Å². The Bertz CT molecular complexity index is 1010. The highest BCUT2D eigenvalue weighted by Crippen LogP contribution is 2.25. The highest BCUT2D eigenvalue weighted by atomic mass is 35.5. The van der Waals surface area contributed by atoms with Gasteiger partial charge in [0.25, 0.3) is 5.56 Å². The average molecular weight is 385 g/mol. The maximum Gasteiger partial charge on any atom is 0.289 e. The van der Waals surface area contributed by atoms with E-state index < -0.39 is 5.54 Å². The average Bonchev–Trinajstić information content (AvgIpc) is 2.63. The number of nitrogens with zero attached hydrogens (tertiary/aromatic N) is 3. The summed E-state index contributed by atoms with van der Waals surface area (Å²) >= 11 is 6.17. The number of ether oxygens (including phenoxy) is 1. The van der Waals surface area contributed by atoms with Gasteiger partial charge in [0.05, 0.1) is 23.1 Å². The van der Waals surface area contributed by atoms with Gasteiger partial charge in [0, 0.05) is 11.8 Å². The fourth-order valence-electron chi connectivity index (χ4n) is 2.57. The Kier molecular flexibility index (Phi) is 5.19. The third-order valence-electron chi connectivity index (χ3n) is 3.98. The molecule has 6 nitrogen and oxygen atoms in total. The van der Waals surface area contributed by atoms with Gasteiger partial charge in [0.15, 0.2) is 10.8 Å². The van der Waals surface area contributed by atoms with Crippen molar-refractivity contribution in [3.8, 4) is 17.0 Å². The minimum absolute atomic E-state index is 0.0257. The van der Waals surface area contributed by atoms with E-state index >= 15 is 0 Å². The summed E-state index contributed by atoms with van der Waals surface area (Å²) < 4.78 is 7.03. The second-order valence-electron chi connectivity index (χ2n) is 7.14. The van der Waals surface area contributed by atoms with Gasteiger partial charge >= 0.3 is 0 Å². The molecule has 0 aliphatic rings. The molecule has 0 bridgehead atoms. The quantitative estimate of drug-likeness (QED) is 0.738. The molecule has 0 aliphatic heterocycles. The van der Waals surface area contributed by atoms with Gasteiger partial charge in [-0.2, -0.15) is 5.10 Å². The number of benzene rings is 1. The van der Waals surface area contributed by atoms with Crippen molar-refractivity contribution in [2.45, 2.75) is 32.9 Å². The Labute approximate surface area is 162 Å². The Morgan fingerprint density at radius 1 is 1.19 bits per heavy atom.